The molecule has 0 aliphatic carbocycles. The van der Waals surface area contributed by atoms with Crippen LogP contribution in [0, 0.1) is 0 Å². The molecular formula is C15H14ClNO3. The Balaban J connectivity index is 1.81. The van der Waals surface area contributed by atoms with E-state index in [1.807, 2.05) is 0 Å². The van der Waals surface area contributed by atoms with Crippen LogP contribution in [-0.2, 0) is 4.74 Å². The number of anilines is 1. The Hall–Kier alpha value is -1.65. The fraction of sp³-hybridized carbons (Fsp3) is 0.333. The van der Waals surface area contributed by atoms with Crippen LogP contribution in [0.5, 0.6) is 0 Å². The smallest absolute Gasteiger partial charge is 0.250 e. The molecule has 1 atom stereocenters. The van der Waals surface area contributed by atoms with E-state index in [1.54, 1.807) is 24.3 Å². The summed E-state index contributed by atoms with van der Waals surface area (Å²) in [7, 11) is 0. The second-order valence-corrected chi connectivity index (χ2v) is 5.37. The summed E-state index contributed by atoms with van der Waals surface area (Å²) in [6.45, 7) is 1.33. The zero-order chi connectivity index (χ0) is 14.1. The summed E-state index contributed by atoms with van der Waals surface area (Å²) in [6.07, 6.45) is 2.15. The number of nitrogens with one attached hydrogen (secondary N) is 1. The van der Waals surface area contributed by atoms with Crippen LogP contribution in [0.15, 0.2) is 33.9 Å². The number of hydrogen-bond donors (Lipinski definition) is 1. The highest BCUT2D eigenvalue weighted by atomic mass is 35.5. The van der Waals surface area contributed by atoms with Crippen LogP contribution < -0.4 is 16.2 Å². The molecule has 0 unspecified atom stereocenters. The second-order valence-electron chi connectivity index (χ2n) is 4.93. The molecule has 1 heterocycles. The molecule has 1 aliphatic heterocycles. The zero-order valence-electron chi connectivity index (χ0n) is 10.8. The highest BCUT2D eigenvalue weighted by molar-refractivity contribution is 6.30. The molecule has 4 nitrogen and oxygen atoms in total. The van der Waals surface area contributed by atoms with Crippen molar-refractivity contribution in [3.63, 3.8) is 0 Å². The van der Waals surface area contributed by atoms with Crippen LogP contribution in [0.25, 0.3) is 11.1 Å². The van der Waals surface area contributed by atoms with Crippen LogP contribution in [0.1, 0.15) is 12.8 Å². The monoisotopic (exact) mass is 291 g/mol. The van der Waals surface area contributed by atoms with Crippen molar-refractivity contribution in [2.75, 3.05) is 18.5 Å². The standard InChI is InChI=1S/C15H14ClNO3/c16-10-5-3-9(4-6-10)12-13(15(19)14(12)18)17-8-11-2-1-7-20-11/h3-6,11,17H,1-2,7-8H2/t11-/m0/s1. The average Bonchev–Trinajstić information content (AvgIpc) is 2.97. The first-order chi connectivity index (χ1) is 9.66. The van der Waals surface area contributed by atoms with Crippen LogP contribution in [0.3, 0.4) is 0 Å². The number of hydrogen-bond acceptors (Lipinski definition) is 4. The molecule has 0 radical (unpaired) electrons. The van der Waals surface area contributed by atoms with Gasteiger partial charge in [-0.05, 0) is 30.5 Å². The summed E-state index contributed by atoms with van der Waals surface area (Å²) in [5.41, 5.74) is 0.668. The molecule has 1 saturated heterocycles. The molecule has 0 aromatic heterocycles. The lowest BCUT2D eigenvalue weighted by Gasteiger charge is -2.16. The zero-order valence-corrected chi connectivity index (χ0v) is 11.6. The van der Waals surface area contributed by atoms with Crippen molar-refractivity contribution < 1.29 is 4.74 Å². The van der Waals surface area contributed by atoms with Gasteiger partial charge in [0.2, 0.25) is 10.9 Å². The van der Waals surface area contributed by atoms with Crippen LogP contribution in [0.2, 0.25) is 5.02 Å². The van der Waals surface area contributed by atoms with Crippen molar-refractivity contribution in [3.8, 4) is 11.1 Å². The maximum absolute atomic E-state index is 11.7. The molecule has 0 amide bonds. The van der Waals surface area contributed by atoms with Gasteiger partial charge in [0.25, 0.3) is 0 Å². The fourth-order valence-corrected chi connectivity index (χ4v) is 2.60. The fourth-order valence-electron chi connectivity index (χ4n) is 2.47. The first kappa shape index (κ1) is 13.3. The van der Waals surface area contributed by atoms with E-state index in [0.29, 0.717) is 28.4 Å². The summed E-state index contributed by atoms with van der Waals surface area (Å²) < 4.78 is 5.49. The molecule has 3 rings (SSSR count). The van der Waals surface area contributed by atoms with E-state index in [-0.39, 0.29) is 6.10 Å². The third-order valence-corrected chi connectivity index (χ3v) is 3.83. The molecule has 1 fully saturated rings. The van der Waals surface area contributed by atoms with Crippen molar-refractivity contribution >= 4 is 17.3 Å². The molecule has 20 heavy (non-hydrogen) atoms. The Morgan fingerprint density at radius 1 is 1.20 bits per heavy atom. The van der Waals surface area contributed by atoms with Crippen molar-refractivity contribution in [3.05, 3.63) is 49.7 Å². The van der Waals surface area contributed by atoms with Gasteiger partial charge in [-0.1, -0.05) is 23.7 Å². The largest absolute Gasteiger partial charge is 0.379 e. The maximum Gasteiger partial charge on any atom is 0.250 e. The number of ether oxygens (including phenoxy) is 1. The van der Waals surface area contributed by atoms with Gasteiger partial charge in [0, 0.05) is 18.2 Å². The summed E-state index contributed by atoms with van der Waals surface area (Å²) in [5, 5.41) is 3.65. The van der Waals surface area contributed by atoms with E-state index in [4.69, 9.17) is 16.3 Å². The van der Waals surface area contributed by atoms with Gasteiger partial charge in [-0.25, -0.2) is 0 Å². The third kappa shape index (κ3) is 2.37. The summed E-state index contributed by atoms with van der Waals surface area (Å²) >= 11 is 5.83. The SMILES string of the molecule is O=c1c(NC[C@@H]2CCCO2)c(-c2ccc(Cl)cc2)c1=O. The van der Waals surface area contributed by atoms with Crippen molar-refractivity contribution in [1.29, 1.82) is 0 Å². The first-order valence-corrected chi connectivity index (χ1v) is 6.99. The van der Waals surface area contributed by atoms with Crippen molar-refractivity contribution in [2.24, 2.45) is 0 Å². The summed E-state index contributed by atoms with van der Waals surface area (Å²) in [6, 6.07) is 6.90. The Kier molecular flexibility index (Phi) is 3.59. The van der Waals surface area contributed by atoms with E-state index >= 15 is 0 Å². The molecule has 0 saturated carbocycles. The molecule has 1 N–H and O–H groups in total. The molecule has 0 bridgehead atoms. The highest BCUT2D eigenvalue weighted by Crippen LogP contribution is 2.25. The van der Waals surface area contributed by atoms with Gasteiger partial charge in [0.1, 0.15) is 0 Å². The Morgan fingerprint density at radius 2 is 1.95 bits per heavy atom. The van der Waals surface area contributed by atoms with E-state index < -0.39 is 10.9 Å². The van der Waals surface area contributed by atoms with Gasteiger partial charge in [0.15, 0.2) is 0 Å². The minimum atomic E-state index is -0.451. The van der Waals surface area contributed by atoms with E-state index in [1.165, 1.54) is 0 Å². The Labute approximate surface area is 121 Å². The van der Waals surface area contributed by atoms with E-state index in [0.717, 1.165) is 19.4 Å². The molecule has 1 aliphatic rings. The van der Waals surface area contributed by atoms with Gasteiger partial charge >= 0.3 is 0 Å². The predicted molar refractivity (Wildman–Crippen MR) is 79.3 cm³/mol. The minimum absolute atomic E-state index is 0.123. The lowest BCUT2D eigenvalue weighted by Crippen LogP contribution is -2.37. The quantitative estimate of drug-likeness (QED) is 0.878. The molecule has 2 aromatic rings. The number of rotatable bonds is 4. The lowest BCUT2D eigenvalue weighted by atomic mass is 9.98. The van der Waals surface area contributed by atoms with Gasteiger partial charge < -0.3 is 10.1 Å². The predicted octanol–water partition coefficient (Wildman–Crippen LogP) is 2.19. The molecule has 104 valence electrons. The van der Waals surface area contributed by atoms with Gasteiger partial charge in [-0.2, -0.15) is 0 Å². The van der Waals surface area contributed by atoms with E-state index in [9.17, 15) is 9.59 Å². The average molecular weight is 292 g/mol. The van der Waals surface area contributed by atoms with Crippen LogP contribution in [0.4, 0.5) is 5.69 Å². The molecule has 5 heteroatoms. The first-order valence-electron chi connectivity index (χ1n) is 6.61. The minimum Gasteiger partial charge on any atom is -0.379 e. The van der Waals surface area contributed by atoms with Crippen LogP contribution >= 0.6 is 11.6 Å². The van der Waals surface area contributed by atoms with Gasteiger partial charge in [-0.3, -0.25) is 9.59 Å². The topological polar surface area (TPSA) is 55.4 Å². The second kappa shape index (κ2) is 5.38. The Morgan fingerprint density at radius 3 is 2.60 bits per heavy atom. The third-order valence-electron chi connectivity index (χ3n) is 3.57. The normalized spacial score (nSPS) is 18.6. The molecule has 0 spiro atoms. The summed E-state index contributed by atoms with van der Waals surface area (Å²) in [5.74, 6) is 0. The molecule has 2 aromatic carbocycles. The van der Waals surface area contributed by atoms with E-state index in [2.05, 4.69) is 5.32 Å². The van der Waals surface area contributed by atoms with Crippen molar-refractivity contribution in [1.82, 2.24) is 0 Å². The summed E-state index contributed by atoms with van der Waals surface area (Å²) in [4.78, 5) is 23.4. The highest BCUT2D eigenvalue weighted by Gasteiger charge is 2.23. The number of halogens is 1. The number of benzene rings is 1. The Bertz CT molecular complexity index is 680. The maximum atomic E-state index is 11.7. The lowest BCUT2D eigenvalue weighted by molar-refractivity contribution is 0.120. The van der Waals surface area contributed by atoms with Gasteiger partial charge in [0.05, 0.1) is 17.4 Å². The molecular weight excluding hydrogens is 278 g/mol. The van der Waals surface area contributed by atoms with Gasteiger partial charge in [-0.15, -0.1) is 0 Å². The van der Waals surface area contributed by atoms with Crippen molar-refractivity contribution in [2.45, 2.75) is 18.9 Å². The van der Waals surface area contributed by atoms with Crippen LogP contribution in [-0.4, -0.2) is 19.3 Å².